The van der Waals surface area contributed by atoms with Gasteiger partial charge in [0.25, 0.3) is 0 Å². The Bertz CT molecular complexity index is 328. The number of β-amino-alcohol motifs (C(OH)–C–C–N with tert-alkyl or cyclic N) is 1. The molecule has 2 aliphatic rings. The zero-order chi connectivity index (χ0) is 14.8. The normalized spacial score (nSPS) is 27.7. The van der Waals surface area contributed by atoms with Gasteiger partial charge in [-0.1, -0.05) is 33.6 Å². The van der Waals surface area contributed by atoms with Crippen LogP contribution >= 0.6 is 0 Å². The molecule has 0 spiro atoms. The molecule has 20 heavy (non-hydrogen) atoms. The lowest BCUT2D eigenvalue weighted by atomic mass is 9.77. The average molecular weight is 281 g/mol. The van der Waals surface area contributed by atoms with Crippen molar-refractivity contribution < 1.29 is 9.90 Å². The second-order valence-corrected chi connectivity index (χ2v) is 7.84. The number of carbonyl (C=O) groups excluding carboxylic acids is 1. The summed E-state index contributed by atoms with van der Waals surface area (Å²) < 4.78 is 0. The number of likely N-dealkylation sites (tertiary alicyclic amines) is 1. The molecule has 2 rings (SSSR count). The molecule has 1 heterocycles. The predicted octanol–water partition coefficient (Wildman–Crippen LogP) is 3.21. The van der Waals surface area contributed by atoms with Crippen LogP contribution in [0.4, 0.5) is 0 Å². The van der Waals surface area contributed by atoms with Crippen molar-refractivity contribution in [3.05, 3.63) is 0 Å². The van der Waals surface area contributed by atoms with Crippen molar-refractivity contribution in [3.8, 4) is 0 Å². The van der Waals surface area contributed by atoms with E-state index < -0.39 is 0 Å². The Kier molecular flexibility index (Phi) is 5.11. The molecule has 1 saturated heterocycles. The lowest BCUT2D eigenvalue weighted by molar-refractivity contribution is -0.132. The number of carbonyl (C=O) groups is 1. The van der Waals surface area contributed by atoms with Crippen LogP contribution in [0.25, 0.3) is 0 Å². The summed E-state index contributed by atoms with van der Waals surface area (Å²) in [6.45, 7) is 8.19. The van der Waals surface area contributed by atoms with Gasteiger partial charge >= 0.3 is 0 Å². The van der Waals surface area contributed by atoms with E-state index in [1.54, 1.807) is 0 Å². The largest absolute Gasteiger partial charge is 0.391 e. The maximum atomic E-state index is 12.3. The third kappa shape index (κ3) is 3.97. The van der Waals surface area contributed by atoms with Crippen molar-refractivity contribution in [3.63, 3.8) is 0 Å². The quantitative estimate of drug-likeness (QED) is 0.863. The predicted molar refractivity (Wildman–Crippen MR) is 81.3 cm³/mol. The first-order valence-electron chi connectivity index (χ1n) is 8.34. The van der Waals surface area contributed by atoms with E-state index in [0.29, 0.717) is 24.8 Å². The maximum Gasteiger partial charge on any atom is 0.222 e. The fourth-order valence-electron chi connectivity index (χ4n) is 3.81. The van der Waals surface area contributed by atoms with Crippen LogP contribution in [0, 0.1) is 17.3 Å². The lowest BCUT2D eigenvalue weighted by Crippen LogP contribution is -2.39. The Morgan fingerprint density at radius 3 is 2.45 bits per heavy atom. The van der Waals surface area contributed by atoms with Crippen molar-refractivity contribution >= 4 is 5.91 Å². The number of amides is 1. The molecule has 1 aliphatic carbocycles. The Morgan fingerprint density at radius 1 is 1.20 bits per heavy atom. The van der Waals surface area contributed by atoms with E-state index in [4.69, 9.17) is 0 Å². The number of rotatable bonds is 3. The van der Waals surface area contributed by atoms with Crippen molar-refractivity contribution in [1.29, 1.82) is 0 Å². The van der Waals surface area contributed by atoms with Crippen molar-refractivity contribution in [1.82, 2.24) is 4.90 Å². The summed E-state index contributed by atoms with van der Waals surface area (Å²) in [5, 5.41) is 10.3. The Balaban J connectivity index is 1.89. The van der Waals surface area contributed by atoms with E-state index in [1.165, 1.54) is 12.8 Å². The van der Waals surface area contributed by atoms with Gasteiger partial charge in [0.2, 0.25) is 5.91 Å². The number of hydrogen-bond acceptors (Lipinski definition) is 2. The SMILES string of the molecule is CC(C)(C)C1CCC(=O)N(CC(O)C2CCCC2)CC1. The van der Waals surface area contributed by atoms with Gasteiger partial charge < -0.3 is 10.0 Å². The first kappa shape index (κ1) is 15.8. The van der Waals surface area contributed by atoms with E-state index >= 15 is 0 Å². The van der Waals surface area contributed by atoms with Crippen LogP contribution in [0.15, 0.2) is 0 Å². The van der Waals surface area contributed by atoms with Crippen LogP contribution in [0.5, 0.6) is 0 Å². The average Bonchev–Trinajstić information content (AvgIpc) is 2.82. The Hall–Kier alpha value is -0.570. The maximum absolute atomic E-state index is 12.3. The topological polar surface area (TPSA) is 40.5 Å². The van der Waals surface area contributed by atoms with Gasteiger partial charge in [-0.25, -0.2) is 0 Å². The van der Waals surface area contributed by atoms with Gasteiger partial charge in [-0.2, -0.15) is 0 Å². The molecule has 1 amide bonds. The smallest absolute Gasteiger partial charge is 0.222 e. The summed E-state index contributed by atoms with van der Waals surface area (Å²) in [4.78, 5) is 14.2. The summed E-state index contributed by atoms with van der Waals surface area (Å²) in [5.41, 5.74) is 0.278. The van der Waals surface area contributed by atoms with Crippen LogP contribution in [0.3, 0.4) is 0 Å². The molecule has 116 valence electrons. The van der Waals surface area contributed by atoms with Gasteiger partial charge in [-0.05, 0) is 42.9 Å². The highest BCUT2D eigenvalue weighted by Gasteiger charge is 2.32. The summed E-state index contributed by atoms with van der Waals surface area (Å²) >= 11 is 0. The highest BCUT2D eigenvalue weighted by atomic mass is 16.3. The first-order chi connectivity index (χ1) is 9.38. The second-order valence-electron chi connectivity index (χ2n) is 7.84. The first-order valence-corrected chi connectivity index (χ1v) is 8.34. The molecule has 3 heteroatoms. The molecule has 0 bridgehead atoms. The minimum atomic E-state index is -0.312. The molecule has 2 atom stereocenters. The van der Waals surface area contributed by atoms with Gasteiger partial charge in [0.15, 0.2) is 0 Å². The molecule has 0 aromatic rings. The van der Waals surface area contributed by atoms with E-state index in [1.807, 2.05) is 4.90 Å². The van der Waals surface area contributed by atoms with Crippen LogP contribution in [0.2, 0.25) is 0 Å². The fourth-order valence-corrected chi connectivity index (χ4v) is 3.81. The summed E-state index contributed by atoms with van der Waals surface area (Å²) in [7, 11) is 0. The number of aliphatic hydroxyl groups excluding tert-OH is 1. The Morgan fingerprint density at radius 2 is 1.85 bits per heavy atom. The standard InChI is InChI=1S/C17H31NO2/c1-17(2,3)14-8-9-16(20)18(11-10-14)12-15(19)13-6-4-5-7-13/h13-15,19H,4-12H2,1-3H3. The molecule has 0 radical (unpaired) electrons. The monoisotopic (exact) mass is 281 g/mol. The van der Waals surface area contributed by atoms with Gasteiger partial charge in [0.1, 0.15) is 0 Å². The molecule has 1 N–H and O–H groups in total. The molecule has 1 aliphatic heterocycles. The molecule has 1 saturated carbocycles. The lowest BCUT2D eigenvalue weighted by Gasteiger charge is -2.30. The van der Waals surface area contributed by atoms with E-state index in [-0.39, 0.29) is 17.4 Å². The molecule has 0 aromatic carbocycles. The molecule has 2 fully saturated rings. The van der Waals surface area contributed by atoms with Gasteiger partial charge in [-0.15, -0.1) is 0 Å². The molecule has 2 unspecified atom stereocenters. The van der Waals surface area contributed by atoms with Gasteiger partial charge in [-0.3, -0.25) is 4.79 Å². The minimum absolute atomic E-state index is 0.244. The third-order valence-electron chi connectivity index (χ3n) is 5.38. The minimum Gasteiger partial charge on any atom is -0.391 e. The summed E-state index contributed by atoms with van der Waals surface area (Å²) in [6, 6.07) is 0. The zero-order valence-corrected chi connectivity index (χ0v) is 13.4. The summed E-state index contributed by atoms with van der Waals surface area (Å²) in [5.74, 6) is 1.28. The van der Waals surface area contributed by atoms with Crippen molar-refractivity contribution in [2.45, 2.75) is 71.8 Å². The van der Waals surface area contributed by atoms with E-state index in [0.717, 1.165) is 32.2 Å². The molecule has 3 nitrogen and oxygen atoms in total. The second kappa shape index (κ2) is 6.46. The van der Waals surface area contributed by atoms with Crippen molar-refractivity contribution in [2.24, 2.45) is 17.3 Å². The third-order valence-corrected chi connectivity index (χ3v) is 5.38. The fraction of sp³-hybridized carbons (Fsp3) is 0.941. The molecular formula is C17H31NO2. The molecular weight excluding hydrogens is 250 g/mol. The molecule has 0 aromatic heterocycles. The zero-order valence-electron chi connectivity index (χ0n) is 13.4. The summed E-state index contributed by atoms with van der Waals surface area (Å²) in [6.07, 6.45) is 7.16. The van der Waals surface area contributed by atoms with Crippen LogP contribution in [0.1, 0.15) is 65.7 Å². The van der Waals surface area contributed by atoms with Crippen LogP contribution < -0.4 is 0 Å². The van der Waals surface area contributed by atoms with E-state index in [2.05, 4.69) is 20.8 Å². The van der Waals surface area contributed by atoms with Crippen LogP contribution in [-0.4, -0.2) is 35.1 Å². The van der Waals surface area contributed by atoms with Gasteiger partial charge in [0.05, 0.1) is 6.10 Å². The van der Waals surface area contributed by atoms with Gasteiger partial charge in [0, 0.05) is 19.5 Å². The van der Waals surface area contributed by atoms with Crippen LogP contribution in [-0.2, 0) is 4.79 Å². The van der Waals surface area contributed by atoms with E-state index in [9.17, 15) is 9.90 Å². The number of aliphatic hydroxyl groups is 1. The number of nitrogens with zero attached hydrogens (tertiary/aromatic N) is 1. The Labute approximate surface area is 123 Å². The number of hydrogen-bond donors (Lipinski definition) is 1. The highest BCUT2D eigenvalue weighted by molar-refractivity contribution is 5.76. The van der Waals surface area contributed by atoms with Crippen molar-refractivity contribution in [2.75, 3.05) is 13.1 Å². The highest BCUT2D eigenvalue weighted by Crippen LogP contribution is 2.35.